The SMILES string of the molecule is CCc1c(C(O)(c2ccccc2)c2ccccc2)nn2cc(Cl)c(C(=O)Nc3ncn(CC)n3)cc12. The molecule has 9 heteroatoms. The molecule has 3 heterocycles. The second-order valence-corrected chi connectivity index (χ2v) is 8.77. The lowest BCUT2D eigenvalue weighted by Gasteiger charge is -2.28. The fourth-order valence-corrected chi connectivity index (χ4v) is 4.63. The highest BCUT2D eigenvalue weighted by Crippen LogP contribution is 2.39. The van der Waals surface area contributed by atoms with Crippen LogP contribution in [0.3, 0.4) is 0 Å². The van der Waals surface area contributed by atoms with E-state index in [4.69, 9.17) is 16.7 Å². The highest BCUT2D eigenvalue weighted by molar-refractivity contribution is 6.34. The van der Waals surface area contributed by atoms with E-state index in [1.807, 2.05) is 74.5 Å². The number of pyridine rings is 1. The van der Waals surface area contributed by atoms with Gasteiger partial charge in [0.05, 0.1) is 16.1 Å². The normalized spacial score (nSPS) is 11.7. The molecule has 0 saturated carbocycles. The molecular formula is C27H25ClN6O2. The van der Waals surface area contributed by atoms with Crippen molar-refractivity contribution in [2.45, 2.75) is 32.4 Å². The monoisotopic (exact) mass is 500 g/mol. The first-order valence-electron chi connectivity index (χ1n) is 11.7. The van der Waals surface area contributed by atoms with Crippen LogP contribution in [0.2, 0.25) is 5.02 Å². The number of aliphatic hydroxyl groups is 1. The maximum Gasteiger partial charge on any atom is 0.259 e. The number of amides is 1. The lowest BCUT2D eigenvalue weighted by molar-refractivity contribution is 0.102. The topological polar surface area (TPSA) is 97.3 Å². The number of benzene rings is 2. The molecule has 0 saturated heterocycles. The number of fused-ring (bicyclic) bond motifs is 1. The molecule has 1 amide bonds. The van der Waals surface area contributed by atoms with Gasteiger partial charge < -0.3 is 5.11 Å². The lowest BCUT2D eigenvalue weighted by Crippen LogP contribution is -2.30. The third kappa shape index (κ3) is 4.04. The minimum Gasteiger partial charge on any atom is -0.374 e. The minimum atomic E-state index is -1.51. The number of nitrogens with one attached hydrogen (secondary N) is 1. The molecule has 3 aromatic heterocycles. The summed E-state index contributed by atoms with van der Waals surface area (Å²) >= 11 is 6.52. The number of aryl methyl sites for hydroxylation is 2. The molecule has 8 nitrogen and oxygen atoms in total. The van der Waals surface area contributed by atoms with E-state index in [9.17, 15) is 9.90 Å². The van der Waals surface area contributed by atoms with Crippen LogP contribution >= 0.6 is 11.6 Å². The summed E-state index contributed by atoms with van der Waals surface area (Å²) in [5.41, 5.74) is 2.11. The molecule has 0 radical (unpaired) electrons. The van der Waals surface area contributed by atoms with Crippen LogP contribution in [0.1, 0.15) is 46.6 Å². The van der Waals surface area contributed by atoms with Crippen molar-refractivity contribution in [3.05, 3.63) is 112 Å². The molecule has 2 N–H and O–H groups in total. The molecule has 0 aliphatic rings. The Morgan fingerprint density at radius 3 is 2.22 bits per heavy atom. The summed E-state index contributed by atoms with van der Waals surface area (Å²) < 4.78 is 3.24. The number of aromatic nitrogens is 5. The first-order chi connectivity index (χ1) is 17.5. The van der Waals surface area contributed by atoms with E-state index in [0.717, 1.165) is 5.56 Å². The first-order valence-corrected chi connectivity index (χ1v) is 12.1. The van der Waals surface area contributed by atoms with Gasteiger partial charge in [0.25, 0.3) is 5.91 Å². The van der Waals surface area contributed by atoms with E-state index in [1.54, 1.807) is 27.8 Å². The Bertz CT molecular complexity index is 1490. The average molecular weight is 501 g/mol. The Labute approximate surface area is 213 Å². The van der Waals surface area contributed by atoms with Gasteiger partial charge in [0.15, 0.2) is 5.60 Å². The third-order valence-corrected chi connectivity index (χ3v) is 6.53. The molecule has 0 aliphatic heterocycles. The molecule has 5 rings (SSSR count). The molecule has 0 fully saturated rings. The molecule has 2 aromatic carbocycles. The van der Waals surface area contributed by atoms with Crippen LogP contribution in [0.4, 0.5) is 5.95 Å². The van der Waals surface area contributed by atoms with Crippen LogP contribution in [-0.4, -0.2) is 35.4 Å². The summed E-state index contributed by atoms with van der Waals surface area (Å²) in [4.78, 5) is 17.2. The molecule has 0 aliphatic carbocycles. The van der Waals surface area contributed by atoms with E-state index in [2.05, 4.69) is 15.4 Å². The Morgan fingerprint density at radius 2 is 1.67 bits per heavy atom. The van der Waals surface area contributed by atoms with Crippen molar-refractivity contribution >= 4 is 29.0 Å². The number of halogens is 1. The number of hydrogen-bond acceptors (Lipinski definition) is 5. The van der Waals surface area contributed by atoms with E-state index in [-0.39, 0.29) is 16.5 Å². The summed E-state index contributed by atoms with van der Waals surface area (Å²) in [6.45, 7) is 4.56. The van der Waals surface area contributed by atoms with Crippen LogP contribution in [-0.2, 0) is 18.6 Å². The fourth-order valence-electron chi connectivity index (χ4n) is 4.40. The standard InChI is InChI=1S/C27H25ClN6O2/c1-3-20-23-15-21(25(35)30-26-29-17-33(4-2)32-26)22(28)16-34(23)31-24(20)27(36,18-11-7-5-8-12-18)19-13-9-6-10-14-19/h5-17,36H,3-4H2,1-2H3,(H,30,32,35). The van der Waals surface area contributed by atoms with Gasteiger partial charge in [-0.25, -0.2) is 9.50 Å². The van der Waals surface area contributed by atoms with Crippen LogP contribution in [0.5, 0.6) is 0 Å². The van der Waals surface area contributed by atoms with Crippen LogP contribution in [0.15, 0.2) is 79.3 Å². The quantitative estimate of drug-likeness (QED) is 0.337. The number of nitrogens with zero attached hydrogens (tertiary/aromatic N) is 5. The number of carbonyl (C=O) groups is 1. The van der Waals surface area contributed by atoms with Crippen molar-refractivity contribution < 1.29 is 9.90 Å². The van der Waals surface area contributed by atoms with Crippen molar-refractivity contribution in [1.29, 1.82) is 0 Å². The smallest absolute Gasteiger partial charge is 0.259 e. The highest BCUT2D eigenvalue weighted by atomic mass is 35.5. The van der Waals surface area contributed by atoms with E-state index in [1.165, 1.54) is 0 Å². The zero-order valence-electron chi connectivity index (χ0n) is 19.9. The summed E-state index contributed by atoms with van der Waals surface area (Å²) in [5.74, 6) is -0.229. The predicted octanol–water partition coefficient (Wildman–Crippen LogP) is 4.70. The van der Waals surface area contributed by atoms with Crippen molar-refractivity contribution in [3.8, 4) is 0 Å². The van der Waals surface area contributed by atoms with Gasteiger partial charge in [-0.3, -0.25) is 14.8 Å². The molecular weight excluding hydrogens is 476 g/mol. The third-order valence-electron chi connectivity index (χ3n) is 6.23. The van der Waals surface area contributed by atoms with E-state index in [0.29, 0.717) is 35.3 Å². The molecule has 0 unspecified atom stereocenters. The number of hydrogen-bond donors (Lipinski definition) is 2. The second-order valence-electron chi connectivity index (χ2n) is 8.37. The van der Waals surface area contributed by atoms with Gasteiger partial charge in [-0.05, 0) is 30.5 Å². The minimum absolute atomic E-state index is 0.199. The van der Waals surface area contributed by atoms with Crippen LogP contribution in [0, 0.1) is 0 Å². The Hall–Kier alpha value is -4.01. The largest absolute Gasteiger partial charge is 0.374 e. The van der Waals surface area contributed by atoms with Gasteiger partial charge in [0, 0.05) is 18.3 Å². The summed E-state index contributed by atoms with van der Waals surface area (Å²) in [6.07, 6.45) is 3.71. The van der Waals surface area contributed by atoms with Gasteiger partial charge in [-0.15, -0.1) is 5.10 Å². The average Bonchev–Trinajstić information content (AvgIpc) is 3.52. The van der Waals surface area contributed by atoms with Crippen molar-refractivity contribution in [3.63, 3.8) is 0 Å². The van der Waals surface area contributed by atoms with Crippen molar-refractivity contribution in [2.75, 3.05) is 5.32 Å². The highest BCUT2D eigenvalue weighted by Gasteiger charge is 2.39. The zero-order valence-corrected chi connectivity index (χ0v) is 20.6. The van der Waals surface area contributed by atoms with Gasteiger partial charge in [-0.2, -0.15) is 5.10 Å². The Morgan fingerprint density at radius 1 is 1.03 bits per heavy atom. The number of rotatable bonds is 7. The molecule has 182 valence electrons. The predicted molar refractivity (Wildman–Crippen MR) is 138 cm³/mol. The first kappa shape index (κ1) is 23.7. The molecule has 0 atom stereocenters. The fraction of sp³-hybridized carbons (Fsp3) is 0.185. The zero-order chi connectivity index (χ0) is 25.3. The molecule has 5 aromatic rings. The maximum absolute atomic E-state index is 13.1. The van der Waals surface area contributed by atoms with Gasteiger partial charge in [0.2, 0.25) is 5.95 Å². The Balaban J connectivity index is 1.65. The molecule has 0 bridgehead atoms. The summed E-state index contributed by atoms with van der Waals surface area (Å²) in [6, 6.07) is 20.6. The summed E-state index contributed by atoms with van der Waals surface area (Å²) in [7, 11) is 0. The Kier molecular flexibility index (Phi) is 6.30. The number of anilines is 1. The van der Waals surface area contributed by atoms with Crippen molar-refractivity contribution in [2.24, 2.45) is 0 Å². The second kappa shape index (κ2) is 9.56. The van der Waals surface area contributed by atoms with Gasteiger partial charge in [0.1, 0.15) is 12.0 Å². The van der Waals surface area contributed by atoms with Gasteiger partial charge in [-0.1, -0.05) is 79.2 Å². The van der Waals surface area contributed by atoms with Crippen LogP contribution < -0.4 is 5.32 Å². The van der Waals surface area contributed by atoms with Gasteiger partial charge >= 0.3 is 0 Å². The van der Waals surface area contributed by atoms with Crippen molar-refractivity contribution in [1.82, 2.24) is 24.4 Å². The number of carbonyl (C=O) groups excluding carboxylic acids is 1. The molecule has 36 heavy (non-hydrogen) atoms. The van der Waals surface area contributed by atoms with E-state index >= 15 is 0 Å². The maximum atomic E-state index is 13.1. The summed E-state index contributed by atoms with van der Waals surface area (Å²) in [5, 5.41) is 24.2. The lowest BCUT2D eigenvalue weighted by atomic mass is 9.81. The van der Waals surface area contributed by atoms with E-state index < -0.39 is 11.5 Å². The molecule has 0 spiro atoms. The van der Waals surface area contributed by atoms with Crippen LogP contribution in [0.25, 0.3) is 5.52 Å².